The summed E-state index contributed by atoms with van der Waals surface area (Å²) >= 11 is 0. The van der Waals surface area contributed by atoms with E-state index in [1.54, 1.807) is 12.0 Å². The molecule has 0 bridgehead atoms. The summed E-state index contributed by atoms with van der Waals surface area (Å²) in [5.74, 6) is -0.814. The number of carbonyl (C=O) groups is 2. The van der Waals surface area contributed by atoms with Crippen molar-refractivity contribution in [1.29, 1.82) is 0 Å². The summed E-state index contributed by atoms with van der Waals surface area (Å²) in [7, 11) is 1.61. The molecule has 0 radical (unpaired) electrons. The lowest BCUT2D eigenvalue weighted by Gasteiger charge is -2.24. The molecule has 2 aliphatic rings. The van der Waals surface area contributed by atoms with E-state index in [1.807, 2.05) is 0 Å². The van der Waals surface area contributed by atoms with E-state index in [-0.39, 0.29) is 24.5 Å². The molecule has 20 heavy (non-hydrogen) atoms. The minimum atomic E-state index is -0.860. The third-order valence-electron chi connectivity index (χ3n) is 4.20. The SMILES string of the molecule is COC1CC(CC(=O)O)N(C(=O)CC2=CCCCC2)C1. The second kappa shape index (κ2) is 6.88. The van der Waals surface area contributed by atoms with Crippen molar-refractivity contribution >= 4 is 11.9 Å². The van der Waals surface area contributed by atoms with Gasteiger partial charge in [0.2, 0.25) is 5.91 Å². The molecule has 1 aliphatic carbocycles. The lowest BCUT2D eigenvalue weighted by molar-refractivity contribution is -0.139. The Hall–Kier alpha value is -1.36. The summed E-state index contributed by atoms with van der Waals surface area (Å²) in [5, 5.41) is 8.96. The third-order valence-corrected chi connectivity index (χ3v) is 4.20. The van der Waals surface area contributed by atoms with Crippen molar-refractivity contribution in [3.63, 3.8) is 0 Å². The number of nitrogens with zero attached hydrogens (tertiary/aromatic N) is 1. The van der Waals surface area contributed by atoms with Crippen LogP contribution >= 0.6 is 0 Å². The highest BCUT2D eigenvalue weighted by Gasteiger charge is 2.36. The minimum Gasteiger partial charge on any atom is -0.481 e. The van der Waals surface area contributed by atoms with Crippen LogP contribution in [0.4, 0.5) is 0 Å². The number of ether oxygens (including phenoxy) is 1. The van der Waals surface area contributed by atoms with E-state index < -0.39 is 5.97 Å². The Morgan fingerprint density at radius 1 is 1.45 bits per heavy atom. The van der Waals surface area contributed by atoms with Crippen LogP contribution in [0.3, 0.4) is 0 Å². The molecule has 0 aromatic rings. The van der Waals surface area contributed by atoms with E-state index >= 15 is 0 Å². The van der Waals surface area contributed by atoms with Crippen LogP contribution < -0.4 is 0 Å². The first-order valence-corrected chi connectivity index (χ1v) is 7.32. The first-order valence-electron chi connectivity index (χ1n) is 7.32. The third kappa shape index (κ3) is 3.82. The van der Waals surface area contributed by atoms with E-state index in [9.17, 15) is 9.59 Å². The predicted octanol–water partition coefficient (Wildman–Crippen LogP) is 1.97. The van der Waals surface area contributed by atoms with Crippen molar-refractivity contribution in [2.24, 2.45) is 0 Å². The molecule has 0 saturated carbocycles. The topological polar surface area (TPSA) is 66.8 Å². The predicted molar refractivity (Wildman–Crippen MR) is 74.3 cm³/mol. The van der Waals surface area contributed by atoms with Crippen molar-refractivity contribution < 1.29 is 19.4 Å². The summed E-state index contributed by atoms with van der Waals surface area (Å²) in [6, 6.07) is -0.228. The maximum atomic E-state index is 12.4. The molecular weight excluding hydrogens is 258 g/mol. The minimum absolute atomic E-state index is 0.00461. The number of carboxylic acid groups (broad SMARTS) is 1. The van der Waals surface area contributed by atoms with Gasteiger partial charge in [0.15, 0.2) is 0 Å². The van der Waals surface area contributed by atoms with Crippen molar-refractivity contribution in [2.45, 2.75) is 57.1 Å². The number of hydrogen-bond acceptors (Lipinski definition) is 3. The number of methoxy groups -OCH3 is 1. The summed E-state index contributed by atoms with van der Waals surface area (Å²) in [6.45, 7) is 0.514. The Morgan fingerprint density at radius 3 is 2.85 bits per heavy atom. The first-order chi connectivity index (χ1) is 9.60. The highest BCUT2D eigenvalue weighted by atomic mass is 16.5. The monoisotopic (exact) mass is 281 g/mol. The molecule has 1 fully saturated rings. The van der Waals surface area contributed by atoms with Gasteiger partial charge in [-0.25, -0.2) is 0 Å². The molecule has 1 saturated heterocycles. The van der Waals surface area contributed by atoms with Crippen molar-refractivity contribution in [2.75, 3.05) is 13.7 Å². The standard InChI is InChI=1S/C15H23NO4/c1-20-13-8-12(9-15(18)19)16(10-13)14(17)7-11-5-3-2-4-6-11/h5,12-13H,2-4,6-10H2,1H3,(H,18,19). The summed E-state index contributed by atoms with van der Waals surface area (Å²) in [5.41, 5.74) is 1.20. The summed E-state index contributed by atoms with van der Waals surface area (Å²) < 4.78 is 5.29. The Bertz CT molecular complexity index is 405. The molecular formula is C15H23NO4. The first kappa shape index (κ1) is 15.0. The lowest BCUT2D eigenvalue weighted by Crippen LogP contribution is -2.37. The Labute approximate surface area is 119 Å². The van der Waals surface area contributed by atoms with Crippen molar-refractivity contribution in [3.05, 3.63) is 11.6 Å². The Balaban J connectivity index is 1.98. The molecule has 2 rings (SSSR count). The van der Waals surface area contributed by atoms with Crippen LogP contribution in [-0.2, 0) is 14.3 Å². The van der Waals surface area contributed by atoms with Crippen LogP contribution in [0.2, 0.25) is 0 Å². The van der Waals surface area contributed by atoms with Crippen LogP contribution in [0, 0.1) is 0 Å². The van der Waals surface area contributed by atoms with E-state index in [2.05, 4.69) is 6.08 Å². The fourth-order valence-electron chi connectivity index (χ4n) is 3.11. The lowest BCUT2D eigenvalue weighted by atomic mass is 9.96. The zero-order valence-corrected chi connectivity index (χ0v) is 12.0. The zero-order chi connectivity index (χ0) is 14.5. The maximum absolute atomic E-state index is 12.4. The molecule has 0 aromatic carbocycles. The van der Waals surface area contributed by atoms with Crippen LogP contribution in [0.1, 0.15) is 44.9 Å². The summed E-state index contributed by atoms with van der Waals surface area (Å²) in [6.07, 6.45) is 7.59. The second-order valence-corrected chi connectivity index (χ2v) is 5.68. The zero-order valence-electron chi connectivity index (χ0n) is 12.0. The molecule has 1 amide bonds. The molecule has 112 valence electrons. The van der Waals surface area contributed by atoms with Gasteiger partial charge in [-0.1, -0.05) is 11.6 Å². The second-order valence-electron chi connectivity index (χ2n) is 5.68. The van der Waals surface area contributed by atoms with E-state index in [1.165, 1.54) is 12.0 Å². The number of hydrogen-bond donors (Lipinski definition) is 1. The van der Waals surface area contributed by atoms with E-state index in [4.69, 9.17) is 9.84 Å². The van der Waals surface area contributed by atoms with Gasteiger partial charge in [-0.05, 0) is 32.1 Å². The number of carboxylic acids is 1. The highest BCUT2D eigenvalue weighted by Crippen LogP contribution is 2.26. The molecule has 1 N–H and O–H groups in total. The average Bonchev–Trinajstić information content (AvgIpc) is 2.82. The average molecular weight is 281 g/mol. The number of aliphatic carboxylic acids is 1. The highest BCUT2D eigenvalue weighted by molar-refractivity contribution is 5.80. The van der Waals surface area contributed by atoms with Crippen LogP contribution in [0.5, 0.6) is 0 Å². The fourth-order valence-corrected chi connectivity index (χ4v) is 3.11. The largest absolute Gasteiger partial charge is 0.481 e. The quantitative estimate of drug-likeness (QED) is 0.782. The van der Waals surface area contributed by atoms with Gasteiger partial charge in [-0.3, -0.25) is 9.59 Å². The number of allylic oxidation sites excluding steroid dienone is 1. The molecule has 2 atom stereocenters. The Morgan fingerprint density at radius 2 is 2.25 bits per heavy atom. The molecule has 1 heterocycles. The van der Waals surface area contributed by atoms with Crippen molar-refractivity contribution in [3.8, 4) is 0 Å². The molecule has 5 heteroatoms. The molecule has 5 nitrogen and oxygen atoms in total. The Kier molecular flexibility index (Phi) is 5.17. The van der Waals surface area contributed by atoms with Gasteiger partial charge < -0.3 is 14.7 Å². The van der Waals surface area contributed by atoms with Gasteiger partial charge in [-0.15, -0.1) is 0 Å². The molecule has 2 unspecified atom stereocenters. The normalized spacial score (nSPS) is 26.4. The molecule has 0 spiro atoms. The number of likely N-dealkylation sites (tertiary alicyclic amines) is 1. The van der Waals surface area contributed by atoms with E-state index in [0.29, 0.717) is 19.4 Å². The summed E-state index contributed by atoms with van der Waals surface area (Å²) in [4.78, 5) is 25.0. The van der Waals surface area contributed by atoms with Gasteiger partial charge in [0.1, 0.15) is 0 Å². The molecule has 0 aromatic heterocycles. The van der Waals surface area contributed by atoms with Crippen LogP contribution in [-0.4, -0.2) is 47.7 Å². The van der Waals surface area contributed by atoms with E-state index in [0.717, 1.165) is 19.3 Å². The van der Waals surface area contributed by atoms with Crippen LogP contribution in [0.15, 0.2) is 11.6 Å². The number of amides is 1. The van der Waals surface area contributed by atoms with Gasteiger partial charge >= 0.3 is 5.97 Å². The van der Waals surface area contributed by atoms with Gasteiger partial charge in [0.25, 0.3) is 0 Å². The fraction of sp³-hybridized carbons (Fsp3) is 0.733. The van der Waals surface area contributed by atoms with Gasteiger partial charge in [0.05, 0.1) is 12.5 Å². The van der Waals surface area contributed by atoms with Crippen LogP contribution in [0.25, 0.3) is 0 Å². The molecule has 1 aliphatic heterocycles. The smallest absolute Gasteiger partial charge is 0.305 e. The maximum Gasteiger partial charge on any atom is 0.305 e. The number of carbonyl (C=O) groups excluding carboxylic acids is 1. The van der Waals surface area contributed by atoms with Crippen molar-refractivity contribution in [1.82, 2.24) is 4.90 Å². The van der Waals surface area contributed by atoms with Gasteiger partial charge in [0, 0.05) is 26.1 Å². The van der Waals surface area contributed by atoms with Gasteiger partial charge in [-0.2, -0.15) is 0 Å². The number of rotatable bonds is 5.